The van der Waals surface area contributed by atoms with E-state index < -0.39 is 0 Å². The van der Waals surface area contributed by atoms with Crippen molar-refractivity contribution in [3.05, 3.63) is 0 Å². The standard InChI is InChI=1S/C6H18N2OSi/c1-9-10-6-2-4-8-5-3-7/h8H,2-7,10H2,1H3. The quantitative estimate of drug-likeness (QED) is 0.376. The molecule has 0 unspecified atom stereocenters. The normalized spacial score (nSPS) is 11.4. The molecular weight excluding hydrogens is 144 g/mol. The fourth-order valence-electron chi connectivity index (χ4n) is 0.723. The van der Waals surface area contributed by atoms with Gasteiger partial charge in [-0.25, -0.2) is 0 Å². The molecule has 0 heterocycles. The van der Waals surface area contributed by atoms with E-state index in [2.05, 4.69) is 5.32 Å². The highest BCUT2D eigenvalue weighted by molar-refractivity contribution is 6.26. The van der Waals surface area contributed by atoms with Gasteiger partial charge in [-0.1, -0.05) is 0 Å². The van der Waals surface area contributed by atoms with Crippen LogP contribution in [0.25, 0.3) is 0 Å². The van der Waals surface area contributed by atoms with E-state index in [1.807, 2.05) is 0 Å². The highest BCUT2D eigenvalue weighted by Crippen LogP contribution is 1.85. The fourth-order valence-corrected chi connectivity index (χ4v) is 1.47. The molecule has 0 saturated carbocycles. The Bertz CT molecular complexity index is 55.7. The zero-order valence-corrected chi connectivity index (χ0v) is 8.14. The molecule has 0 radical (unpaired) electrons. The van der Waals surface area contributed by atoms with Gasteiger partial charge in [0.25, 0.3) is 0 Å². The third-order valence-corrected chi connectivity index (χ3v) is 2.47. The van der Waals surface area contributed by atoms with Gasteiger partial charge in [-0.05, 0) is 19.0 Å². The molecule has 0 spiro atoms. The van der Waals surface area contributed by atoms with Crippen molar-refractivity contribution in [1.82, 2.24) is 5.32 Å². The first-order valence-electron chi connectivity index (χ1n) is 3.81. The molecule has 0 aromatic carbocycles. The summed E-state index contributed by atoms with van der Waals surface area (Å²) in [6.07, 6.45) is 1.24. The van der Waals surface area contributed by atoms with Crippen LogP contribution in [0.4, 0.5) is 0 Å². The van der Waals surface area contributed by atoms with Crippen LogP contribution in [-0.2, 0) is 4.43 Å². The zero-order chi connectivity index (χ0) is 7.66. The Kier molecular flexibility index (Phi) is 9.19. The second-order valence-corrected chi connectivity index (χ2v) is 3.93. The Labute approximate surface area is 65.3 Å². The van der Waals surface area contributed by atoms with Crippen LogP contribution in [-0.4, -0.2) is 36.5 Å². The Balaban J connectivity index is 2.65. The van der Waals surface area contributed by atoms with E-state index in [1.165, 1.54) is 12.5 Å². The monoisotopic (exact) mass is 162 g/mol. The predicted molar refractivity (Wildman–Crippen MR) is 46.9 cm³/mol. The van der Waals surface area contributed by atoms with E-state index in [1.54, 1.807) is 7.11 Å². The van der Waals surface area contributed by atoms with Crippen LogP contribution in [0, 0.1) is 0 Å². The van der Waals surface area contributed by atoms with Crippen LogP contribution in [0.15, 0.2) is 0 Å². The Morgan fingerprint density at radius 1 is 1.50 bits per heavy atom. The molecule has 0 aliphatic rings. The number of hydrogen-bond donors (Lipinski definition) is 2. The minimum atomic E-state index is -0.184. The van der Waals surface area contributed by atoms with Gasteiger partial charge in [-0.2, -0.15) is 0 Å². The van der Waals surface area contributed by atoms with E-state index in [9.17, 15) is 0 Å². The molecule has 0 atom stereocenters. The molecule has 10 heavy (non-hydrogen) atoms. The lowest BCUT2D eigenvalue weighted by Gasteiger charge is -2.00. The summed E-state index contributed by atoms with van der Waals surface area (Å²) >= 11 is 0. The molecule has 0 fully saturated rings. The molecule has 0 aliphatic heterocycles. The van der Waals surface area contributed by atoms with Crippen molar-refractivity contribution >= 4 is 9.76 Å². The van der Waals surface area contributed by atoms with Crippen molar-refractivity contribution in [2.24, 2.45) is 5.73 Å². The van der Waals surface area contributed by atoms with Crippen molar-refractivity contribution in [3.63, 3.8) is 0 Å². The van der Waals surface area contributed by atoms with Crippen molar-refractivity contribution < 1.29 is 4.43 Å². The number of nitrogens with two attached hydrogens (primary N) is 1. The molecule has 62 valence electrons. The number of hydrogen-bond acceptors (Lipinski definition) is 3. The first-order valence-corrected chi connectivity index (χ1v) is 5.39. The molecule has 0 rings (SSSR count). The SMILES string of the molecule is CO[SiH2]CCCNCCN. The van der Waals surface area contributed by atoms with Gasteiger partial charge in [0.05, 0.1) is 0 Å². The van der Waals surface area contributed by atoms with Gasteiger partial charge in [0.1, 0.15) is 0 Å². The number of rotatable bonds is 7. The van der Waals surface area contributed by atoms with Gasteiger partial charge >= 0.3 is 0 Å². The van der Waals surface area contributed by atoms with Gasteiger partial charge < -0.3 is 15.5 Å². The molecular formula is C6H18N2OSi. The average Bonchev–Trinajstić information content (AvgIpc) is 1.97. The lowest BCUT2D eigenvalue weighted by molar-refractivity contribution is 0.439. The topological polar surface area (TPSA) is 47.3 Å². The van der Waals surface area contributed by atoms with Crippen LogP contribution in [0.1, 0.15) is 6.42 Å². The minimum absolute atomic E-state index is 0.184. The van der Waals surface area contributed by atoms with E-state index in [4.69, 9.17) is 10.2 Å². The van der Waals surface area contributed by atoms with Crippen LogP contribution < -0.4 is 11.1 Å². The Hall–Kier alpha value is 0.0969. The summed E-state index contributed by atoms with van der Waals surface area (Å²) in [5.41, 5.74) is 5.29. The lowest BCUT2D eigenvalue weighted by atomic mass is 10.5. The number of nitrogens with one attached hydrogen (secondary N) is 1. The first kappa shape index (κ1) is 10.1. The van der Waals surface area contributed by atoms with E-state index in [-0.39, 0.29) is 9.76 Å². The molecule has 0 amide bonds. The second kappa shape index (κ2) is 9.10. The molecule has 0 bridgehead atoms. The molecule has 0 aliphatic carbocycles. The average molecular weight is 162 g/mol. The van der Waals surface area contributed by atoms with E-state index >= 15 is 0 Å². The highest BCUT2D eigenvalue weighted by Gasteiger charge is 1.87. The van der Waals surface area contributed by atoms with Crippen LogP contribution in [0.5, 0.6) is 0 Å². The van der Waals surface area contributed by atoms with Gasteiger partial charge in [-0.3, -0.25) is 0 Å². The Morgan fingerprint density at radius 3 is 2.90 bits per heavy atom. The first-order chi connectivity index (χ1) is 4.91. The maximum absolute atomic E-state index is 5.29. The van der Waals surface area contributed by atoms with Gasteiger partial charge in [0.15, 0.2) is 9.76 Å². The van der Waals surface area contributed by atoms with Crippen molar-refractivity contribution in [2.75, 3.05) is 26.7 Å². The smallest absolute Gasteiger partial charge is 0.161 e. The Morgan fingerprint density at radius 2 is 2.30 bits per heavy atom. The maximum Gasteiger partial charge on any atom is 0.161 e. The van der Waals surface area contributed by atoms with E-state index in [0.29, 0.717) is 0 Å². The third-order valence-electron chi connectivity index (χ3n) is 1.27. The summed E-state index contributed by atoms with van der Waals surface area (Å²) < 4.78 is 5.03. The van der Waals surface area contributed by atoms with Crippen LogP contribution in [0.2, 0.25) is 6.04 Å². The summed E-state index contributed by atoms with van der Waals surface area (Å²) in [5, 5.41) is 3.24. The molecule has 0 saturated heterocycles. The summed E-state index contributed by atoms with van der Waals surface area (Å²) in [6, 6.07) is 1.27. The van der Waals surface area contributed by atoms with Crippen LogP contribution >= 0.6 is 0 Å². The minimum Gasteiger partial charge on any atom is -0.427 e. The van der Waals surface area contributed by atoms with Crippen molar-refractivity contribution in [3.8, 4) is 0 Å². The third kappa shape index (κ3) is 8.10. The summed E-state index contributed by atoms with van der Waals surface area (Å²) in [5.74, 6) is 0. The lowest BCUT2D eigenvalue weighted by Crippen LogP contribution is -2.23. The summed E-state index contributed by atoms with van der Waals surface area (Å²) in [6.45, 7) is 2.77. The predicted octanol–water partition coefficient (Wildman–Crippen LogP) is -0.927. The summed E-state index contributed by atoms with van der Waals surface area (Å²) in [7, 11) is 1.61. The summed E-state index contributed by atoms with van der Waals surface area (Å²) in [4.78, 5) is 0. The van der Waals surface area contributed by atoms with Gasteiger partial charge in [-0.15, -0.1) is 0 Å². The van der Waals surface area contributed by atoms with Gasteiger partial charge in [0, 0.05) is 20.2 Å². The molecule has 0 aromatic rings. The largest absolute Gasteiger partial charge is 0.427 e. The van der Waals surface area contributed by atoms with Gasteiger partial charge in [0.2, 0.25) is 0 Å². The molecule has 3 N–H and O–H groups in total. The highest BCUT2D eigenvalue weighted by atomic mass is 28.2. The zero-order valence-electron chi connectivity index (χ0n) is 6.73. The van der Waals surface area contributed by atoms with E-state index in [0.717, 1.165) is 19.6 Å². The molecule has 3 nitrogen and oxygen atoms in total. The maximum atomic E-state index is 5.29. The molecule has 0 aromatic heterocycles. The molecule has 4 heteroatoms. The van der Waals surface area contributed by atoms with Crippen molar-refractivity contribution in [2.45, 2.75) is 12.5 Å². The van der Waals surface area contributed by atoms with Crippen molar-refractivity contribution in [1.29, 1.82) is 0 Å². The fraction of sp³-hybridized carbons (Fsp3) is 1.00. The van der Waals surface area contributed by atoms with Crippen LogP contribution in [0.3, 0.4) is 0 Å². The second-order valence-electron chi connectivity index (χ2n) is 2.24.